The van der Waals surface area contributed by atoms with Crippen LogP contribution in [0, 0.1) is 5.92 Å². The zero-order valence-electron chi connectivity index (χ0n) is 10.6. The standard InChI is InChI=1S/C14H16N4O/c19-14(12-3-5-15-6-4-12)17-9-11-1-2-13-16-7-8-18(13)10-11/h3-8,11H,1-2,9-10H2,(H,17,19)/t11-/m1/s1. The van der Waals surface area contributed by atoms with Crippen molar-refractivity contribution in [2.45, 2.75) is 19.4 Å². The molecule has 0 radical (unpaired) electrons. The molecular formula is C14H16N4O. The molecule has 0 spiro atoms. The minimum Gasteiger partial charge on any atom is -0.352 e. The van der Waals surface area contributed by atoms with E-state index in [1.807, 2.05) is 12.4 Å². The Hall–Kier alpha value is -2.17. The number of fused-ring (bicyclic) bond motifs is 1. The Morgan fingerprint density at radius 1 is 1.37 bits per heavy atom. The van der Waals surface area contributed by atoms with Crippen molar-refractivity contribution in [1.82, 2.24) is 19.9 Å². The molecule has 0 unspecified atom stereocenters. The van der Waals surface area contributed by atoms with Gasteiger partial charge in [-0.1, -0.05) is 0 Å². The van der Waals surface area contributed by atoms with Crippen molar-refractivity contribution in [2.24, 2.45) is 5.92 Å². The van der Waals surface area contributed by atoms with Gasteiger partial charge in [-0.25, -0.2) is 4.98 Å². The van der Waals surface area contributed by atoms with Gasteiger partial charge < -0.3 is 9.88 Å². The van der Waals surface area contributed by atoms with Crippen LogP contribution in [-0.4, -0.2) is 27.0 Å². The van der Waals surface area contributed by atoms with E-state index >= 15 is 0 Å². The fourth-order valence-corrected chi connectivity index (χ4v) is 2.45. The normalized spacial score (nSPS) is 17.8. The summed E-state index contributed by atoms with van der Waals surface area (Å²) < 4.78 is 2.17. The molecule has 1 atom stereocenters. The zero-order valence-corrected chi connectivity index (χ0v) is 10.6. The van der Waals surface area contributed by atoms with E-state index in [0.717, 1.165) is 25.2 Å². The second-order valence-corrected chi connectivity index (χ2v) is 4.85. The van der Waals surface area contributed by atoms with Crippen molar-refractivity contribution in [1.29, 1.82) is 0 Å². The number of aromatic nitrogens is 3. The molecule has 98 valence electrons. The van der Waals surface area contributed by atoms with Crippen LogP contribution in [0.25, 0.3) is 0 Å². The first kappa shape index (κ1) is 11.9. The van der Waals surface area contributed by atoms with Gasteiger partial charge in [-0.15, -0.1) is 0 Å². The first-order valence-electron chi connectivity index (χ1n) is 6.51. The molecule has 2 aromatic heterocycles. The van der Waals surface area contributed by atoms with Gasteiger partial charge in [-0.3, -0.25) is 9.78 Å². The second kappa shape index (κ2) is 5.22. The van der Waals surface area contributed by atoms with Gasteiger partial charge in [-0.2, -0.15) is 0 Å². The van der Waals surface area contributed by atoms with Crippen LogP contribution < -0.4 is 5.32 Å². The van der Waals surface area contributed by atoms with Crippen LogP contribution in [0.5, 0.6) is 0 Å². The van der Waals surface area contributed by atoms with Gasteiger partial charge in [0, 0.05) is 49.9 Å². The third-order valence-corrected chi connectivity index (χ3v) is 3.53. The molecule has 1 aliphatic rings. The second-order valence-electron chi connectivity index (χ2n) is 4.85. The van der Waals surface area contributed by atoms with Crippen LogP contribution in [0.4, 0.5) is 0 Å². The average Bonchev–Trinajstić information content (AvgIpc) is 2.93. The number of carbonyl (C=O) groups excluding carboxylic acids is 1. The van der Waals surface area contributed by atoms with Crippen molar-refractivity contribution >= 4 is 5.91 Å². The molecule has 0 aliphatic carbocycles. The summed E-state index contributed by atoms with van der Waals surface area (Å²) in [6.07, 6.45) is 9.18. The lowest BCUT2D eigenvalue weighted by Crippen LogP contribution is -2.33. The van der Waals surface area contributed by atoms with E-state index in [4.69, 9.17) is 0 Å². The Morgan fingerprint density at radius 3 is 3.05 bits per heavy atom. The van der Waals surface area contributed by atoms with Crippen molar-refractivity contribution in [3.05, 3.63) is 48.3 Å². The molecule has 0 fully saturated rings. The summed E-state index contributed by atoms with van der Waals surface area (Å²) in [5.74, 6) is 1.60. The highest BCUT2D eigenvalue weighted by Crippen LogP contribution is 2.17. The highest BCUT2D eigenvalue weighted by molar-refractivity contribution is 5.93. The van der Waals surface area contributed by atoms with E-state index in [9.17, 15) is 4.79 Å². The number of rotatable bonds is 3. The molecule has 1 amide bonds. The van der Waals surface area contributed by atoms with Gasteiger partial charge in [0.1, 0.15) is 5.82 Å². The SMILES string of the molecule is O=C(NC[C@H]1CCc2nccn2C1)c1ccncc1. The predicted octanol–water partition coefficient (Wildman–Crippen LogP) is 1.27. The highest BCUT2D eigenvalue weighted by atomic mass is 16.1. The van der Waals surface area contributed by atoms with Crippen LogP contribution in [0.15, 0.2) is 36.9 Å². The summed E-state index contributed by atoms with van der Waals surface area (Å²) in [6.45, 7) is 1.64. The van der Waals surface area contributed by atoms with E-state index in [2.05, 4.69) is 19.9 Å². The molecule has 0 bridgehead atoms. The Kier molecular flexibility index (Phi) is 3.27. The molecular weight excluding hydrogens is 240 g/mol. The number of nitrogens with zero attached hydrogens (tertiary/aromatic N) is 3. The van der Waals surface area contributed by atoms with Crippen LogP contribution >= 0.6 is 0 Å². The maximum Gasteiger partial charge on any atom is 0.251 e. The minimum atomic E-state index is -0.0289. The van der Waals surface area contributed by atoms with Gasteiger partial charge >= 0.3 is 0 Å². The van der Waals surface area contributed by atoms with Crippen LogP contribution in [0.1, 0.15) is 22.6 Å². The van der Waals surface area contributed by atoms with Crippen LogP contribution in [-0.2, 0) is 13.0 Å². The van der Waals surface area contributed by atoms with Crippen molar-refractivity contribution in [2.75, 3.05) is 6.54 Å². The smallest absolute Gasteiger partial charge is 0.251 e. The number of imidazole rings is 1. The molecule has 19 heavy (non-hydrogen) atoms. The van der Waals surface area contributed by atoms with Gasteiger partial charge in [0.25, 0.3) is 5.91 Å². The maximum absolute atomic E-state index is 11.9. The molecule has 5 heteroatoms. The van der Waals surface area contributed by atoms with Crippen LogP contribution in [0.2, 0.25) is 0 Å². The van der Waals surface area contributed by atoms with E-state index in [1.54, 1.807) is 24.5 Å². The Morgan fingerprint density at radius 2 is 2.21 bits per heavy atom. The zero-order chi connectivity index (χ0) is 13.1. The first-order valence-corrected chi connectivity index (χ1v) is 6.51. The van der Waals surface area contributed by atoms with E-state index in [-0.39, 0.29) is 5.91 Å². The number of amides is 1. The van der Waals surface area contributed by atoms with Crippen molar-refractivity contribution < 1.29 is 4.79 Å². The summed E-state index contributed by atoms with van der Waals surface area (Å²) in [4.78, 5) is 20.1. The minimum absolute atomic E-state index is 0.0289. The molecule has 5 nitrogen and oxygen atoms in total. The maximum atomic E-state index is 11.9. The molecule has 1 aliphatic heterocycles. The summed E-state index contributed by atoms with van der Waals surface area (Å²) in [5, 5.41) is 2.99. The number of hydrogen-bond donors (Lipinski definition) is 1. The number of carbonyl (C=O) groups is 1. The summed E-state index contributed by atoms with van der Waals surface area (Å²) in [5.41, 5.74) is 0.661. The number of nitrogens with one attached hydrogen (secondary N) is 1. The fraction of sp³-hybridized carbons (Fsp3) is 0.357. The lowest BCUT2D eigenvalue weighted by molar-refractivity contribution is 0.0943. The summed E-state index contributed by atoms with van der Waals surface area (Å²) >= 11 is 0. The van der Waals surface area contributed by atoms with Crippen LogP contribution in [0.3, 0.4) is 0 Å². The molecule has 1 N–H and O–H groups in total. The largest absolute Gasteiger partial charge is 0.352 e. The highest BCUT2D eigenvalue weighted by Gasteiger charge is 2.19. The van der Waals surface area contributed by atoms with E-state index in [0.29, 0.717) is 18.0 Å². The molecule has 0 saturated heterocycles. The van der Waals surface area contributed by atoms with E-state index in [1.165, 1.54) is 0 Å². The molecule has 3 heterocycles. The third kappa shape index (κ3) is 2.65. The van der Waals surface area contributed by atoms with Crippen molar-refractivity contribution in [3.8, 4) is 0 Å². The molecule has 2 aromatic rings. The predicted molar refractivity (Wildman–Crippen MR) is 70.6 cm³/mol. The lowest BCUT2D eigenvalue weighted by atomic mass is 9.99. The first-order chi connectivity index (χ1) is 9.33. The number of hydrogen-bond acceptors (Lipinski definition) is 3. The molecule has 3 rings (SSSR count). The molecule has 0 saturated carbocycles. The number of pyridine rings is 1. The average molecular weight is 256 g/mol. The summed E-state index contributed by atoms with van der Waals surface area (Å²) in [6, 6.07) is 3.45. The number of aryl methyl sites for hydroxylation is 1. The topological polar surface area (TPSA) is 59.8 Å². The van der Waals surface area contributed by atoms with Crippen molar-refractivity contribution in [3.63, 3.8) is 0 Å². The lowest BCUT2D eigenvalue weighted by Gasteiger charge is -2.23. The van der Waals surface area contributed by atoms with E-state index < -0.39 is 0 Å². The van der Waals surface area contributed by atoms with Gasteiger partial charge in [0.2, 0.25) is 0 Å². The fourth-order valence-electron chi connectivity index (χ4n) is 2.45. The quantitative estimate of drug-likeness (QED) is 0.899. The van der Waals surface area contributed by atoms with Gasteiger partial charge in [0.15, 0.2) is 0 Å². The Labute approximate surface area is 111 Å². The summed E-state index contributed by atoms with van der Waals surface area (Å²) in [7, 11) is 0. The monoisotopic (exact) mass is 256 g/mol. The van der Waals surface area contributed by atoms with Gasteiger partial charge in [0.05, 0.1) is 0 Å². The Bertz CT molecular complexity index is 564. The van der Waals surface area contributed by atoms with Gasteiger partial charge in [-0.05, 0) is 24.5 Å². The molecule has 0 aromatic carbocycles. The third-order valence-electron chi connectivity index (χ3n) is 3.53. The Balaban J connectivity index is 1.55.